The van der Waals surface area contributed by atoms with Crippen LogP contribution in [0.1, 0.15) is 13.3 Å². The molecule has 2 rings (SSSR count). The van der Waals surface area contributed by atoms with Gasteiger partial charge in [-0.25, -0.2) is 15.0 Å². The molecule has 5 nitrogen and oxygen atoms in total. The van der Waals surface area contributed by atoms with Gasteiger partial charge in [-0.15, -0.1) is 0 Å². The van der Waals surface area contributed by atoms with E-state index in [1.165, 1.54) is 0 Å². The molecule has 0 radical (unpaired) electrons. The van der Waals surface area contributed by atoms with Crippen LogP contribution in [0.2, 0.25) is 0 Å². The van der Waals surface area contributed by atoms with Gasteiger partial charge >= 0.3 is 0 Å². The van der Waals surface area contributed by atoms with Gasteiger partial charge in [-0.05, 0) is 18.6 Å². The first-order valence-electron chi connectivity index (χ1n) is 5.91. The molecule has 0 saturated carbocycles. The summed E-state index contributed by atoms with van der Waals surface area (Å²) >= 11 is 0. The van der Waals surface area contributed by atoms with Gasteiger partial charge < -0.3 is 10.1 Å². The predicted molar refractivity (Wildman–Crippen MR) is 70.6 cm³/mol. The van der Waals surface area contributed by atoms with Crippen molar-refractivity contribution in [1.82, 2.24) is 15.0 Å². The molecule has 0 saturated heterocycles. The smallest absolute Gasteiger partial charge is 0.212 e. The first kappa shape index (κ1) is 12.3. The lowest BCUT2D eigenvalue weighted by molar-refractivity contribution is 0.398. The summed E-state index contributed by atoms with van der Waals surface area (Å²) in [4.78, 5) is 12.8. The van der Waals surface area contributed by atoms with E-state index in [2.05, 4.69) is 27.2 Å². The maximum Gasteiger partial charge on any atom is 0.212 e. The molecular formula is C13H16N4O. The van der Waals surface area contributed by atoms with Crippen LogP contribution in [0.3, 0.4) is 0 Å². The predicted octanol–water partition coefficient (Wildman–Crippen LogP) is 2.37. The van der Waals surface area contributed by atoms with Crippen molar-refractivity contribution in [3.8, 4) is 17.3 Å². The number of ether oxygens (including phenoxy) is 1. The fraction of sp³-hybridized carbons (Fsp3) is 0.308. The van der Waals surface area contributed by atoms with Crippen molar-refractivity contribution < 1.29 is 4.74 Å². The molecule has 2 aromatic heterocycles. The summed E-state index contributed by atoms with van der Waals surface area (Å²) in [5.41, 5.74) is 0.871. The highest BCUT2D eigenvalue weighted by molar-refractivity contribution is 5.56. The standard InChI is InChI=1S/C13H16N4O/c1-3-7-14-11-6-8-15-13(17-11)10-4-5-12(18-2)16-9-10/h4-6,8-9H,3,7H2,1-2H3,(H,14,15,17). The van der Waals surface area contributed by atoms with Crippen molar-refractivity contribution in [2.24, 2.45) is 0 Å². The molecule has 2 heterocycles. The van der Waals surface area contributed by atoms with E-state index < -0.39 is 0 Å². The minimum absolute atomic E-state index is 0.582. The lowest BCUT2D eigenvalue weighted by Gasteiger charge is -2.05. The largest absolute Gasteiger partial charge is 0.481 e. The minimum atomic E-state index is 0.582. The number of hydrogen-bond donors (Lipinski definition) is 1. The van der Waals surface area contributed by atoms with Gasteiger partial charge in [0, 0.05) is 30.6 Å². The van der Waals surface area contributed by atoms with Crippen LogP contribution in [0.4, 0.5) is 5.82 Å². The summed E-state index contributed by atoms with van der Waals surface area (Å²) in [6.07, 6.45) is 4.51. The molecule has 5 heteroatoms. The molecule has 0 unspecified atom stereocenters. The van der Waals surface area contributed by atoms with Gasteiger partial charge in [0.05, 0.1) is 7.11 Å². The van der Waals surface area contributed by atoms with Crippen LogP contribution < -0.4 is 10.1 Å². The van der Waals surface area contributed by atoms with Gasteiger partial charge in [-0.3, -0.25) is 0 Å². The van der Waals surface area contributed by atoms with Crippen LogP contribution in [0.15, 0.2) is 30.6 Å². The Morgan fingerprint density at radius 2 is 2.11 bits per heavy atom. The summed E-state index contributed by atoms with van der Waals surface area (Å²) in [7, 11) is 1.59. The number of aromatic nitrogens is 3. The zero-order valence-corrected chi connectivity index (χ0v) is 10.6. The van der Waals surface area contributed by atoms with Gasteiger partial charge in [0.15, 0.2) is 5.82 Å². The van der Waals surface area contributed by atoms with Crippen molar-refractivity contribution >= 4 is 5.82 Å². The lowest BCUT2D eigenvalue weighted by Crippen LogP contribution is -2.03. The third kappa shape index (κ3) is 2.94. The molecule has 0 aliphatic heterocycles. The highest BCUT2D eigenvalue weighted by Gasteiger charge is 2.03. The molecule has 0 bridgehead atoms. The number of hydrogen-bond acceptors (Lipinski definition) is 5. The Morgan fingerprint density at radius 3 is 2.78 bits per heavy atom. The van der Waals surface area contributed by atoms with Crippen LogP contribution in [0.5, 0.6) is 5.88 Å². The fourth-order valence-electron chi connectivity index (χ4n) is 1.48. The van der Waals surface area contributed by atoms with Gasteiger partial charge in [0.1, 0.15) is 5.82 Å². The zero-order valence-electron chi connectivity index (χ0n) is 10.6. The lowest BCUT2D eigenvalue weighted by atomic mass is 10.2. The Morgan fingerprint density at radius 1 is 1.22 bits per heavy atom. The van der Waals surface area contributed by atoms with Crippen LogP contribution in [-0.2, 0) is 0 Å². The van der Waals surface area contributed by atoms with Gasteiger partial charge in [0.2, 0.25) is 5.88 Å². The van der Waals surface area contributed by atoms with Crippen LogP contribution >= 0.6 is 0 Å². The van der Waals surface area contributed by atoms with E-state index in [1.807, 2.05) is 12.1 Å². The van der Waals surface area contributed by atoms with Gasteiger partial charge in [0.25, 0.3) is 0 Å². The summed E-state index contributed by atoms with van der Waals surface area (Å²) in [5, 5.41) is 3.23. The molecule has 0 amide bonds. The van der Waals surface area contributed by atoms with E-state index in [-0.39, 0.29) is 0 Å². The fourth-order valence-corrected chi connectivity index (χ4v) is 1.48. The number of anilines is 1. The van der Waals surface area contributed by atoms with E-state index in [1.54, 1.807) is 25.6 Å². The first-order valence-corrected chi connectivity index (χ1v) is 5.91. The number of rotatable bonds is 5. The Balaban J connectivity index is 2.20. The Bertz CT molecular complexity index is 499. The average molecular weight is 244 g/mol. The molecule has 94 valence electrons. The molecular weight excluding hydrogens is 228 g/mol. The second-order valence-electron chi connectivity index (χ2n) is 3.78. The normalized spacial score (nSPS) is 10.1. The number of pyridine rings is 1. The topological polar surface area (TPSA) is 59.9 Å². The number of methoxy groups -OCH3 is 1. The Labute approximate surface area is 106 Å². The van der Waals surface area contributed by atoms with E-state index in [0.29, 0.717) is 11.7 Å². The first-order chi connectivity index (χ1) is 8.83. The molecule has 0 aliphatic carbocycles. The third-order valence-corrected chi connectivity index (χ3v) is 2.42. The SMILES string of the molecule is CCCNc1ccnc(-c2ccc(OC)nc2)n1. The maximum absolute atomic E-state index is 5.02. The average Bonchev–Trinajstić information content (AvgIpc) is 2.45. The van der Waals surface area contributed by atoms with Crippen LogP contribution in [0, 0.1) is 0 Å². The summed E-state index contributed by atoms with van der Waals surface area (Å²) in [6.45, 7) is 3.01. The monoisotopic (exact) mass is 244 g/mol. The van der Waals surface area contributed by atoms with Gasteiger partial charge in [-0.2, -0.15) is 0 Å². The molecule has 0 fully saturated rings. The van der Waals surface area contributed by atoms with Crippen molar-refractivity contribution in [3.63, 3.8) is 0 Å². The molecule has 18 heavy (non-hydrogen) atoms. The second kappa shape index (κ2) is 5.95. The summed E-state index contributed by atoms with van der Waals surface area (Å²) in [6, 6.07) is 5.55. The molecule has 1 N–H and O–H groups in total. The third-order valence-electron chi connectivity index (χ3n) is 2.42. The van der Waals surface area contributed by atoms with Crippen LogP contribution in [0.25, 0.3) is 11.4 Å². The van der Waals surface area contributed by atoms with Crippen molar-refractivity contribution in [1.29, 1.82) is 0 Å². The van der Waals surface area contributed by atoms with E-state index in [0.717, 1.165) is 24.3 Å². The minimum Gasteiger partial charge on any atom is -0.481 e. The molecule has 0 spiro atoms. The Hall–Kier alpha value is -2.17. The maximum atomic E-state index is 5.02. The zero-order chi connectivity index (χ0) is 12.8. The van der Waals surface area contributed by atoms with Gasteiger partial charge in [-0.1, -0.05) is 6.92 Å². The van der Waals surface area contributed by atoms with Crippen molar-refractivity contribution in [2.45, 2.75) is 13.3 Å². The second-order valence-corrected chi connectivity index (χ2v) is 3.78. The molecule has 0 aliphatic rings. The highest BCUT2D eigenvalue weighted by atomic mass is 16.5. The quantitative estimate of drug-likeness (QED) is 0.875. The molecule has 0 atom stereocenters. The van der Waals surface area contributed by atoms with E-state index >= 15 is 0 Å². The van der Waals surface area contributed by atoms with Crippen molar-refractivity contribution in [3.05, 3.63) is 30.6 Å². The Kier molecular flexibility index (Phi) is 4.06. The molecule has 0 aromatic carbocycles. The summed E-state index contributed by atoms with van der Waals surface area (Å²) < 4.78 is 5.02. The van der Waals surface area contributed by atoms with E-state index in [9.17, 15) is 0 Å². The van der Waals surface area contributed by atoms with Crippen molar-refractivity contribution in [2.75, 3.05) is 19.0 Å². The highest BCUT2D eigenvalue weighted by Crippen LogP contribution is 2.17. The van der Waals surface area contributed by atoms with E-state index in [4.69, 9.17) is 4.74 Å². The van der Waals surface area contributed by atoms with Crippen LogP contribution in [-0.4, -0.2) is 28.6 Å². The number of nitrogens with zero attached hydrogens (tertiary/aromatic N) is 3. The molecule has 2 aromatic rings. The summed E-state index contributed by atoms with van der Waals surface area (Å²) in [5.74, 6) is 2.07. The number of nitrogens with one attached hydrogen (secondary N) is 1.